The molecule has 0 aliphatic heterocycles. The molecule has 0 aliphatic carbocycles. The fourth-order valence-corrected chi connectivity index (χ4v) is 1.87. The monoisotopic (exact) mass is 268 g/mol. The number of rotatable bonds is 3. The van der Waals surface area contributed by atoms with E-state index in [2.05, 4.69) is 22.9 Å². The molecule has 0 bridgehead atoms. The molecule has 3 N–H and O–H groups in total. The predicted molar refractivity (Wildman–Crippen MR) is 69.6 cm³/mol. The molecule has 82 valence electrons. The molecule has 15 heavy (non-hydrogen) atoms. The molecule has 0 aromatic heterocycles. The molecule has 0 saturated heterocycles. The normalized spacial score (nSPS) is 10.7. The van der Waals surface area contributed by atoms with Crippen molar-refractivity contribution < 1.29 is 0 Å². The maximum absolute atomic E-state index is 8.07. The van der Waals surface area contributed by atoms with Gasteiger partial charge in [-0.2, -0.15) is 0 Å². The zero-order valence-electron chi connectivity index (χ0n) is 9.39. The summed E-state index contributed by atoms with van der Waals surface area (Å²) in [6.07, 6.45) is 0.905. The minimum Gasteiger partial charge on any atom is -0.397 e. The number of nitrogens with one attached hydrogen (secondary N) is 1. The van der Waals surface area contributed by atoms with Crippen molar-refractivity contribution in [2.45, 2.75) is 27.2 Å². The van der Waals surface area contributed by atoms with Gasteiger partial charge < -0.3 is 11.1 Å². The van der Waals surface area contributed by atoms with Crippen molar-refractivity contribution >= 4 is 27.3 Å². The maximum Gasteiger partial charge on any atom is 0.0553 e. The van der Waals surface area contributed by atoms with E-state index in [4.69, 9.17) is 11.1 Å². The van der Waals surface area contributed by atoms with Gasteiger partial charge in [0, 0.05) is 15.7 Å². The Morgan fingerprint density at radius 1 is 1.47 bits per heavy atom. The highest BCUT2D eigenvalue weighted by Gasteiger charge is 2.15. The van der Waals surface area contributed by atoms with Crippen LogP contribution in [-0.4, -0.2) is 5.71 Å². The smallest absolute Gasteiger partial charge is 0.0553 e. The Kier molecular flexibility index (Phi) is 3.91. The van der Waals surface area contributed by atoms with Crippen LogP contribution < -0.4 is 5.73 Å². The summed E-state index contributed by atoms with van der Waals surface area (Å²) in [4.78, 5) is 0. The fraction of sp³-hybridized carbons (Fsp3) is 0.417. The minimum absolute atomic E-state index is 0.201. The van der Waals surface area contributed by atoms with Crippen LogP contribution in [0.25, 0.3) is 0 Å². The number of halogens is 1. The topological polar surface area (TPSA) is 49.9 Å². The second kappa shape index (κ2) is 4.79. The quantitative estimate of drug-likeness (QED) is 0.639. The zero-order valence-corrected chi connectivity index (χ0v) is 11.0. The number of nitrogen functional groups attached to an aromatic ring is 1. The summed E-state index contributed by atoms with van der Waals surface area (Å²) in [6.45, 7) is 6.12. The van der Waals surface area contributed by atoms with Crippen molar-refractivity contribution in [3.8, 4) is 0 Å². The van der Waals surface area contributed by atoms with E-state index >= 15 is 0 Å². The van der Waals surface area contributed by atoms with Gasteiger partial charge in [0.2, 0.25) is 0 Å². The highest BCUT2D eigenvalue weighted by Crippen LogP contribution is 2.28. The van der Waals surface area contributed by atoms with Crippen molar-refractivity contribution in [2.75, 3.05) is 5.73 Å². The maximum atomic E-state index is 8.07. The summed E-state index contributed by atoms with van der Waals surface area (Å²) in [5.74, 6) is 0.201. The molecular weight excluding hydrogens is 252 g/mol. The first-order valence-corrected chi connectivity index (χ1v) is 5.94. The zero-order chi connectivity index (χ0) is 11.6. The van der Waals surface area contributed by atoms with E-state index in [0.29, 0.717) is 11.4 Å². The Balaban J connectivity index is 3.36. The van der Waals surface area contributed by atoms with Crippen LogP contribution in [0.3, 0.4) is 0 Å². The van der Waals surface area contributed by atoms with E-state index in [1.807, 2.05) is 26.0 Å². The summed E-state index contributed by atoms with van der Waals surface area (Å²) in [5.41, 5.74) is 9.37. The van der Waals surface area contributed by atoms with E-state index in [-0.39, 0.29) is 5.92 Å². The van der Waals surface area contributed by atoms with Crippen LogP contribution in [-0.2, 0) is 6.42 Å². The van der Waals surface area contributed by atoms with Gasteiger partial charge in [0.05, 0.1) is 5.69 Å². The molecule has 1 aromatic carbocycles. The summed E-state index contributed by atoms with van der Waals surface area (Å²) in [5, 5.41) is 8.07. The van der Waals surface area contributed by atoms with E-state index in [9.17, 15) is 0 Å². The van der Waals surface area contributed by atoms with Gasteiger partial charge in [-0.3, -0.25) is 0 Å². The van der Waals surface area contributed by atoms with Crippen LogP contribution in [0.4, 0.5) is 5.69 Å². The lowest BCUT2D eigenvalue weighted by Gasteiger charge is -2.16. The molecule has 0 amide bonds. The van der Waals surface area contributed by atoms with Gasteiger partial charge in [0.15, 0.2) is 0 Å². The molecular formula is C12H17BrN2. The van der Waals surface area contributed by atoms with Crippen LogP contribution in [0, 0.1) is 11.3 Å². The van der Waals surface area contributed by atoms with Gasteiger partial charge in [-0.1, -0.05) is 26.8 Å². The summed E-state index contributed by atoms with van der Waals surface area (Å²) in [6, 6.07) is 3.98. The molecule has 0 aliphatic rings. The third kappa shape index (κ3) is 2.40. The van der Waals surface area contributed by atoms with Crippen LogP contribution in [0.2, 0.25) is 0 Å². The molecule has 1 aromatic rings. The Labute approximate surface area is 99.5 Å². The van der Waals surface area contributed by atoms with Crippen molar-refractivity contribution in [1.82, 2.24) is 0 Å². The molecule has 0 fully saturated rings. The first-order valence-electron chi connectivity index (χ1n) is 5.14. The Morgan fingerprint density at radius 3 is 2.53 bits per heavy atom. The highest BCUT2D eigenvalue weighted by molar-refractivity contribution is 9.10. The summed E-state index contributed by atoms with van der Waals surface area (Å²) < 4.78 is 0.875. The molecule has 0 saturated carbocycles. The lowest BCUT2D eigenvalue weighted by Crippen LogP contribution is -2.13. The number of aryl methyl sites for hydroxylation is 1. The SMILES string of the molecule is CCc1ccc(Br)c(N)c1C(=N)C(C)C. The lowest BCUT2D eigenvalue weighted by atomic mass is 9.93. The van der Waals surface area contributed by atoms with Gasteiger partial charge in [-0.25, -0.2) is 0 Å². The van der Waals surface area contributed by atoms with Crippen LogP contribution in [0.5, 0.6) is 0 Å². The van der Waals surface area contributed by atoms with Gasteiger partial charge in [-0.15, -0.1) is 0 Å². The number of hydrogen-bond donors (Lipinski definition) is 2. The van der Waals surface area contributed by atoms with E-state index < -0.39 is 0 Å². The lowest BCUT2D eigenvalue weighted by molar-refractivity contribution is 0.875. The molecule has 0 heterocycles. The number of nitrogens with two attached hydrogens (primary N) is 1. The van der Waals surface area contributed by atoms with E-state index in [0.717, 1.165) is 22.0 Å². The molecule has 1 rings (SSSR count). The van der Waals surface area contributed by atoms with Crippen LogP contribution in [0.15, 0.2) is 16.6 Å². The minimum atomic E-state index is 0.201. The third-order valence-electron chi connectivity index (χ3n) is 2.51. The number of anilines is 1. The van der Waals surface area contributed by atoms with Gasteiger partial charge >= 0.3 is 0 Å². The largest absolute Gasteiger partial charge is 0.397 e. The van der Waals surface area contributed by atoms with Gasteiger partial charge in [-0.05, 0) is 39.9 Å². The van der Waals surface area contributed by atoms with Crippen LogP contribution in [0.1, 0.15) is 31.9 Å². The second-order valence-corrected chi connectivity index (χ2v) is 4.77. The van der Waals surface area contributed by atoms with E-state index in [1.54, 1.807) is 0 Å². The molecule has 0 spiro atoms. The van der Waals surface area contributed by atoms with Crippen molar-refractivity contribution in [3.63, 3.8) is 0 Å². The summed E-state index contributed by atoms with van der Waals surface area (Å²) >= 11 is 3.41. The Hall–Kier alpha value is -0.830. The van der Waals surface area contributed by atoms with Crippen molar-refractivity contribution in [3.05, 3.63) is 27.7 Å². The highest BCUT2D eigenvalue weighted by atomic mass is 79.9. The standard InChI is InChI=1S/C12H17BrN2/c1-4-8-5-6-9(13)12(15)10(8)11(14)7(2)3/h5-7,14H,4,15H2,1-3H3. The Bertz CT molecular complexity index is 383. The Morgan fingerprint density at radius 2 is 2.07 bits per heavy atom. The molecule has 2 nitrogen and oxygen atoms in total. The average molecular weight is 269 g/mol. The fourth-order valence-electron chi connectivity index (χ4n) is 1.54. The molecule has 0 atom stereocenters. The molecule has 0 radical (unpaired) electrons. The van der Waals surface area contributed by atoms with E-state index in [1.165, 1.54) is 0 Å². The second-order valence-electron chi connectivity index (χ2n) is 3.92. The van der Waals surface area contributed by atoms with Gasteiger partial charge in [0.25, 0.3) is 0 Å². The predicted octanol–water partition coefficient (Wildman–Crippen LogP) is 3.62. The average Bonchev–Trinajstić information content (AvgIpc) is 2.20. The number of benzene rings is 1. The summed E-state index contributed by atoms with van der Waals surface area (Å²) in [7, 11) is 0. The number of hydrogen-bond acceptors (Lipinski definition) is 2. The molecule has 0 unspecified atom stereocenters. The first kappa shape index (κ1) is 12.2. The van der Waals surface area contributed by atoms with Crippen molar-refractivity contribution in [1.29, 1.82) is 5.41 Å². The van der Waals surface area contributed by atoms with Gasteiger partial charge in [0.1, 0.15) is 0 Å². The van der Waals surface area contributed by atoms with Crippen LogP contribution >= 0.6 is 15.9 Å². The third-order valence-corrected chi connectivity index (χ3v) is 3.20. The molecule has 3 heteroatoms. The van der Waals surface area contributed by atoms with Crippen molar-refractivity contribution in [2.24, 2.45) is 5.92 Å². The first-order chi connectivity index (χ1) is 6.99.